The molecule has 1 heterocycles. The second kappa shape index (κ2) is 8.28. The first-order valence-corrected chi connectivity index (χ1v) is 7.62. The van der Waals surface area contributed by atoms with E-state index in [0.29, 0.717) is 31.2 Å². The van der Waals surface area contributed by atoms with Crippen LogP contribution in [0.4, 0.5) is 4.79 Å². The van der Waals surface area contributed by atoms with Gasteiger partial charge in [0.05, 0.1) is 6.61 Å². The molecule has 1 aromatic heterocycles. The van der Waals surface area contributed by atoms with Crippen LogP contribution >= 0.6 is 0 Å². The van der Waals surface area contributed by atoms with Crippen LogP contribution in [0.2, 0.25) is 0 Å². The van der Waals surface area contributed by atoms with Crippen molar-refractivity contribution in [3.05, 3.63) is 47.1 Å². The maximum absolute atomic E-state index is 11.8. The standard InChI is InChI=1S/C16H22N4O3/c1-11(2)15-19-14(23-20-15)7-8-17-16(22)18-9-12-5-3-4-6-13(12)10-21/h3-6,11,21H,7-10H2,1-2H3,(H2,17,18,22). The van der Waals surface area contributed by atoms with Gasteiger partial charge in [0, 0.05) is 25.4 Å². The van der Waals surface area contributed by atoms with E-state index in [-0.39, 0.29) is 18.6 Å². The molecule has 2 aromatic rings. The number of aromatic nitrogens is 2. The summed E-state index contributed by atoms with van der Waals surface area (Å²) in [6, 6.07) is 7.15. The highest BCUT2D eigenvalue weighted by Gasteiger charge is 2.10. The number of carbonyl (C=O) groups is 1. The molecule has 0 unspecified atom stereocenters. The van der Waals surface area contributed by atoms with Crippen molar-refractivity contribution in [1.82, 2.24) is 20.8 Å². The molecule has 0 spiro atoms. The Hall–Kier alpha value is -2.41. The lowest BCUT2D eigenvalue weighted by Gasteiger charge is -2.09. The van der Waals surface area contributed by atoms with Gasteiger partial charge in [-0.2, -0.15) is 4.98 Å². The highest BCUT2D eigenvalue weighted by atomic mass is 16.5. The normalized spacial score (nSPS) is 10.8. The maximum atomic E-state index is 11.8. The average molecular weight is 318 g/mol. The predicted octanol–water partition coefficient (Wildman–Crippen LogP) is 1.73. The van der Waals surface area contributed by atoms with Crippen LogP contribution in [-0.2, 0) is 19.6 Å². The molecule has 0 aliphatic rings. The van der Waals surface area contributed by atoms with Crippen LogP contribution in [0.15, 0.2) is 28.8 Å². The van der Waals surface area contributed by atoms with Crippen molar-refractivity contribution in [3.63, 3.8) is 0 Å². The number of nitrogens with one attached hydrogen (secondary N) is 2. The summed E-state index contributed by atoms with van der Waals surface area (Å²) in [5, 5.41) is 18.6. The number of amides is 2. The molecule has 0 saturated heterocycles. The van der Waals surface area contributed by atoms with Crippen molar-refractivity contribution in [2.45, 2.75) is 39.3 Å². The second-order valence-corrected chi connectivity index (χ2v) is 5.49. The summed E-state index contributed by atoms with van der Waals surface area (Å²) in [4.78, 5) is 16.0. The monoisotopic (exact) mass is 318 g/mol. The van der Waals surface area contributed by atoms with E-state index in [1.165, 1.54) is 0 Å². The number of rotatable bonds is 7. The Morgan fingerprint density at radius 2 is 2.00 bits per heavy atom. The van der Waals surface area contributed by atoms with Crippen molar-refractivity contribution in [2.75, 3.05) is 6.54 Å². The van der Waals surface area contributed by atoms with Crippen LogP contribution < -0.4 is 10.6 Å². The molecule has 0 bridgehead atoms. The van der Waals surface area contributed by atoms with E-state index in [0.717, 1.165) is 11.1 Å². The molecule has 7 nitrogen and oxygen atoms in total. The molecule has 3 N–H and O–H groups in total. The minimum atomic E-state index is -0.277. The fourth-order valence-electron chi connectivity index (χ4n) is 2.01. The zero-order valence-electron chi connectivity index (χ0n) is 13.4. The van der Waals surface area contributed by atoms with Crippen molar-refractivity contribution in [2.24, 2.45) is 0 Å². The van der Waals surface area contributed by atoms with Crippen LogP contribution in [0.25, 0.3) is 0 Å². The summed E-state index contributed by atoms with van der Waals surface area (Å²) in [6.45, 7) is 4.71. The van der Waals surface area contributed by atoms with Crippen LogP contribution in [0, 0.1) is 0 Å². The summed E-state index contributed by atoms with van der Waals surface area (Å²) in [5.41, 5.74) is 1.70. The van der Waals surface area contributed by atoms with Crippen LogP contribution in [-0.4, -0.2) is 27.8 Å². The second-order valence-electron chi connectivity index (χ2n) is 5.49. The van der Waals surface area contributed by atoms with Gasteiger partial charge in [-0.15, -0.1) is 0 Å². The summed E-state index contributed by atoms with van der Waals surface area (Å²) in [6.07, 6.45) is 0.486. The highest BCUT2D eigenvalue weighted by Crippen LogP contribution is 2.09. The quantitative estimate of drug-likeness (QED) is 0.722. The van der Waals surface area contributed by atoms with Gasteiger partial charge in [0.15, 0.2) is 5.82 Å². The van der Waals surface area contributed by atoms with Gasteiger partial charge in [-0.05, 0) is 11.1 Å². The molecule has 7 heteroatoms. The number of nitrogens with zero attached hydrogens (tertiary/aromatic N) is 2. The van der Waals surface area contributed by atoms with Gasteiger partial charge in [0.25, 0.3) is 0 Å². The molecule has 23 heavy (non-hydrogen) atoms. The summed E-state index contributed by atoms with van der Waals surface area (Å²) in [5.74, 6) is 1.40. The Bertz CT molecular complexity index is 640. The van der Waals surface area contributed by atoms with Gasteiger partial charge in [-0.1, -0.05) is 43.3 Å². The van der Waals surface area contributed by atoms with Crippen LogP contribution in [0.5, 0.6) is 0 Å². The molecule has 124 valence electrons. The summed E-state index contributed by atoms with van der Waals surface area (Å²) >= 11 is 0. The van der Waals surface area contributed by atoms with E-state index in [2.05, 4.69) is 20.8 Å². The minimum Gasteiger partial charge on any atom is -0.392 e. The largest absolute Gasteiger partial charge is 0.392 e. The van der Waals surface area contributed by atoms with Gasteiger partial charge < -0.3 is 20.3 Å². The Morgan fingerprint density at radius 3 is 2.65 bits per heavy atom. The van der Waals surface area contributed by atoms with E-state index < -0.39 is 0 Å². The van der Waals surface area contributed by atoms with Crippen LogP contribution in [0.1, 0.15) is 42.6 Å². The molecule has 0 aliphatic carbocycles. The van der Waals surface area contributed by atoms with E-state index in [1.54, 1.807) is 0 Å². The molecular formula is C16H22N4O3. The number of carbonyl (C=O) groups excluding carboxylic acids is 1. The molecule has 2 rings (SSSR count). The molecule has 2 amide bonds. The predicted molar refractivity (Wildman–Crippen MR) is 84.7 cm³/mol. The first kappa shape index (κ1) is 17.0. The minimum absolute atomic E-state index is 0.0468. The summed E-state index contributed by atoms with van der Waals surface area (Å²) in [7, 11) is 0. The topological polar surface area (TPSA) is 100 Å². The van der Waals surface area contributed by atoms with Crippen molar-refractivity contribution in [3.8, 4) is 0 Å². The number of urea groups is 1. The van der Waals surface area contributed by atoms with Crippen LogP contribution in [0.3, 0.4) is 0 Å². The van der Waals surface area contributed by atoms with Crippen molar-refractivity contribution < 1.29 is 14.4 Å². The van der Waals surface area contributed by atoms with Gasteiger partial charge in [-0.25, -0.2) is 4.79 Å². The number of hydrogen-bond donors (Lipinski definition) is 3. The SMILES string of the molecule is CC(C)c1noc(CCNC(=O)NCc2ccccc2CO)n1. The van der Waals surface area contributed by atoms with Gasteiger partial charge in [0.1, 0.15) is 0 Å². The maximum Gasteiger partial charge on any atom is 0.315 e. The first-order chi connectivity index (χ1) is 11.1. The third-order valence-electron chi connectivity index (χ3n) is 3.35. The molecule has 0 atom stereocenters. The lowest BCUT2D eigenvalue weighted by molar-refractivity contribution is 0.240. The molecule has 1 aromatic carbocycles. The lowest BCUT2D eigenvalue weighted by Crippen LogP contribution is -2.36. The highest BCUT2D eigenvalue weighted by molar-refractivity contribution is 5.73. The number of aliphatic hydroxyl groups excluding tert-OH is 1. The van der Waals surface area contributed by atoms with Gasteiger partial charge in [0.2, 0.25) is 5.89 Å². The zero-order chi connectivity index (χ0) is 16.7. The third-order valence-corrected chi connectivity index (χ3v) is 3.35. The fourth-order valence-corrected chi connectivity index (χ4v) is 2.01. The lowest BCUT2D eigenvalue weighted by atomic mass is 10.1. The smallest absolute Gasteiger partial charge is 0.315 e. The fraction of sp³-hybridized carbons (Fsp3) is 0.438. The molecule has 0 fully saturated rings. The Morgan fingerprint density at radius 1 is 1.26 bits per heavy atom. The first-order valence-electron chi connectivity index (χ1n) is 7.62. The number of aliphatic hydroxyl groups is 1. The average Bonchev–Trinajstić information content (AvgIpc) is 3.02. The number of benzene rings is 1. The molecule has 0 radical (unpaired) electrons. The third kappa shape index (κ3) is 5.07. The van der Waals surface area contributed by atoms with Gasteiger partial charge in [-0.3, -0.25) is 0 Å². The Labute approximate surface area is 135 Å². The van der Waals surface area contributed by atoms with E-state index >= 15 is 0 Å². The molecular weight excluding hydrogens is 296 g/mol. The van der Waals surface area contributed by atoms with E-state index in [9.17, 15) is 9.90 Å². The summed E-state index contributed by atoms with van der Waals surface area (Å²) < 4.78 is 5.11. The molecule has 0 aliphatic heterocycles. The van der Waals surface area contributed by atoms with E-state index in [1.807, 2.05) is 38.1 Å². The Balaban J connectivity index is 1.72. The zero-order valence-corrected chi connectivity index (χ0v) is 13.4. The van der Waals surface area contributed by atoms with E-state index in [4.69, 9.17) is 4.52 Å². The number of hydrogen-bond acceptors (Lipinski definition) is 5. The van der Waals surface area contributed by atoms with Crippen molar-refractivity contribution >= 4 is 6.03 Å². The van der Waals surface area contributed by atoms with Gasteiger partial charge >= 0.3 is 6.03 Å². The Kier molecular flexibility index (Phi) is 6.10. The van der Waals surface area contributed by atoms with Crippen molar-refractivity contribution in [1.29, 1.82) is 0 Å². The molecule has 0 saturated carbocycles.